The minimum Gasteiger partial charge on any atom is -0.381 e. The first-order valence-electron chi connectivity index (χ1n) is 5.74. The molecule has 1 atom stereocenters. The third kappa shape index (κ3) is 4.63. The van der Waals surface area contributed by atoms with Gasteiger partial charge in [0.15, 0.2) is 0 Å². The van der Waals surface area contributed by atoms with Crippen molar-refractivity contribution in [2.75, 3.05) is 25.6 Å². The topological polar surface area (TPSA) is 21.3 Å². The molecule has 0 spiro atoms. The predicted octanol–water partition coefficient (Wildman–Crippen LogP) is 2.41. The van der Waals surface area contributed by atoms with Gasteiger partial charge in [0.05, 0.1) is 0 Å². The van der Waals surface area contributed by atoms with Gasteiger partial charge in [0, 0.05) is 25.1 Å². The highest BCUT2D eigenvalue weighted by Gasteiger charge is 2.14. The van der Waals surface area contributed by atoms with Crippen LogP contribution in [0.3, 0.4) is 0 Å². The zero-order valence-corrected chi connectivity index (χ0v) is 9.85. The molecule has 0 aromatic rings. The highest BCUT2D eigenvalue weighted by atomic mass is 35.5. The lowest BCUT2D eigenvalue weighted by atomic mass is 9.99. The van der Waals surface area contributed by atoms with E-state index in [4.69, 9.17) is 16.3 Å². The maximum atomic E-state index is 5.74. The Bertz CT molecular complexity index is 132. The van der Waals surface area contributed by atoms with Gasteiger partial charge in [0.2, 0.25) is 0 Å². The Morgan fingerprint density at radius 2 is 2.14 bits per heavy atom. The molecular formula is C11H22ClNO. The Kier molecular flexibility index (Phi) is 6.57. The molecule has 1 aliphatic heterocycles. The molecule has 0 aromatic heterocycles. The molecule has 0 radical (unpaired) electrons. The summed E-state index contributed by atoms with van der Waals surface area (Å²) in [5.74, 6) is 1.58. The highest BCUT2D eigenvalue weighted by Crippen LogP contribution is 2.14. The van der Waals surface area contributed by atoms with Gasteiger partial charge < -0.3 is 10.1 Å². The van der Waals surface area contributed by atoms with Gasteiger partial charge in [-0.05, 0) is 38.1 Å². The SMILES string of the molecule is CCC(CCCl)NCC1CCOCC1. The van der Waals surface area contributed by atoms with Crippen LogP contribution in [0.15, 0.2) is 0 Å². The van der Waals surface area contributed by atoms with Crippen LogP contribution in [-0.2, 0) is 4.74 Å². The van der Waals surface area contributed by atoms with Gasteiger partial charge in [0.25, 0.3) is 0 Å². The molecule has 1 saturated heterocycles. The monoisotopic (exact) mass is 219 g/mol. The Morgan fingerprint density at radius 1 is 1.43 bits per heavy atom. The van der Waals surface area contributed by atoms with Gasteiger partial charge in [-0.1, -0.05) is 6.92 Å². The lowest BCUT2D eigenvalue weighted by molar-refractivity contribution is 0.0654. The van der Waals surface area contributed by atoms with Gasteiger partial charge in [-0.3, -0.25) is 0 Å². The van der Waals surface area contributed by atoms with Crippen LogP contribution < -0.4 is 5.32 Å². The molecular weight excluding hydrogens is 198 g/mol. The van der Waals surface area contributed by atoms with Crippen molar-refractivity contribution in [3.63, 3.8) is 0 Å². The number of alkyl halides is 1. The summed E-state index contributed by atoms with van der Waals surface area (Å²) in [5, 5.41) is 3.60. The Morgan fingerprint density at radius 3 is 2.71 bits per heavy atom. The van der Waals surface area contributed by atoms with E-state index in [0.29, 0.717) is 6.04 Å². The molecule has 1 N–H and O–H groups in total. The first kappa shape index (κ1) is 12.3. The number of hydrogen-bond acceptors (Lipinski definition) is 2. The lowest BCUT2D eigenvalue weighted by Crippen LogP contribution is -2.35. The van der Waals surface area contributed by atoms with Crippen LogP contribution in [0, 0.1) is 5.92 Å². The molecule has 2 nitrogen and oxygen atoms in total. The van der Waals surface area contributed by atoms with E-state index in [-0.39, 0.29) is 0 Å². The fraction of sp³-hybridized carbons (Fsp3) is 1.00. The van der Waals surface area contributed by atoms with Crippen LogP contribution in [0.2, 0.25) is 0 Å². The zero-order valence-electron chi connectivity index (χ0n) is 9.10. The molecule has 1 fully saturated rings. The molecule has 1 heterocycles. The second kappa shape index (κ2) is 7.49. The first-order chi connectivity index (χ1) is 6.86. The Labute approximate surface area is 92.3 Å². The fourth-order valence-electron chi connectivity index (χ4n) is 1.87. The quantitative estimate of drug-likeness (QED) is 0.693. The van der Waals surface area contributed by atoms with Gasteiger partial charge in [-0.15, -0.1) is 11.6 Å². The van der Waals surface area contributed by atoms with Crippen LogP contribution in [0.1, 0.15) is 32.6 Å². The molecule has 0 aromatic carbocycles. The smallest absolute Gasteiger partial charge is 0.0469 e. The van der Waals surface area contributed by atoms with Gasteiger partial charge >= 0.3 is 0 Å². The van der Waals surface area contributed by atoms with Crippen LogP contribution in [0.5, 0.6) is 0 Å². The van der Waals surface area contributed by atoms with E-state index in [9.17, 15) is 0 Å². The van der Waals surface area contributed by atoms with Crippen LogP contribution >= 0.6 is 11.6 Å². The third-order valence-electron chi connectivity index (χ3n) is 2.99. The predicted molar refractivity (Wildman–Crippen MR) is 61.0 cm³/mol. The van der Waals surface area contributed by atoms with Crippen LogP contribution in [0.4, 0.5) is 0 Å². The Hall–Kier alpha value is 0.210. The van der Waals surface area contributed by atoms with E-state index in [2.05, 4.69) is 12.2 Å². The van der Waals surface area contributed by atoms with Crippen molar-refractivity contribution in [2.24, 2.45) is 5.92 Å². The molecule has 14 heavy (non-hydrogen) atoms. The summed E-state index contributed by atoms with van der Waals surface area (Å²) in [6.07, 6.45) is 4.69. The normalized spacial score (nSPS) is 21.0. The van der Waals surface area contributed by atoms with E-state index in [1.807, 2.05) is 0 Å². The first-order valence-corrected chi connectivity index (χ1v) is 6.27. The molecule has 1 aliphatic rings. The fourth-order valence-corrected chi connectivity index (χ4v) is 2.13. The van der Waals surface area contributed by atoms with Crippen molar-refractivity contribution >= 4 is 11.6 Å². The Balaban J connectivity index is 2.10. The summed E-state index contributed by atoms with van der Waals surface area (Å²) in [5.41, 5.74) is 0. The average Bonchev–Trinajstić information content (AvgIpc) is 2.25. The largest absolute Gasteiger partial charge is 0.381 e. The molecule has 84 valence electrons. The van der Waals surface area contributed by atoms with Gasteiger partial charge in [0.1, 0.15) is 0 Å². The molecule has 3 heteroatoms. The maximum absolute atomic E-state index is 5.74. The van der Waals surface area contributed by atoms with E-state index in [1.165, 1.54) is 19.3 Å². The summed E-state index contributed by atoms with van der Waals surface area (Å²) < 4.78 is 5.33. The summed E-state index contributed by atoms with van der Waals surface area (Å²) in [6, 6.07) is 0.607. The summed E-state index contributed by atoms with van der Waals surface area (Å²) in [7, 11) is 0. The van der Waals surface area contributed by atoms with Crippen LogP contribution in [-0.4, -0.2) is 31.7 Å². The molecule has 0 aliphatic carbocycles. The van der Waals surface area contributed by atoms with E-state index >= 15 is 0 Å². The van der Waals surface area contributed by atoms with Crippen LogP contribution in [0.25, 0.3) is 0 Å². The van der Waals surface area contributed by atoms with Crippen molar-refractivity contribution in [3.8, 4) is 0 Å². The summed E-state index contributed by atoms with van der Waals surface area (Å²) >= 11 is 5.74. The molecule has 0 amide bonds. The minimum absolute atomic E-state index is 0.607. The molecule has 0 saturated carbocycles. The number of hydrogen-bond donors (Lipinski definition) is 1. The van der Waals surface area contributed by atoms with Crippen molar-refractivity contribution in [1.29, 1.82) is 0 Å². The summed E-state index contributed by atoms with van der Waals surface area (Å²) in [6.45, 7) is 5.24. The maximum Gasteiger partial charge on any atom is 0.0469 e. The molecule has 1 unspecified atom stereocenters. The van der Waals surface area contributed by atoms with Crippen molar-refractivity contribution < 1.29 is 4.74 Å². The molecule has 0 bridgehead atoms. The third-order valence-corrected chi connectivity index (χ3v) is 3.20. The number of ether oxygens (including phenoxy) is 1. The highest BCUT2D eigenvalue weighted by molar-refractivity contribution is 6.17. The van der Waals surface area contributed by atoms with Crippen molar-refractivity contribution in [2.45, 2.75) is 38.6 Å². The van der Waals surface area contributed by atoms with E-state index in [0.717, 1.165) is 38.0 Å². The van der Waals surface area contributed by atoms with Gasteiger partial charge in [-0.25, -0.2) is 0 Å². The van der Waals surface area contributed by atoms with Crippen molar-refractivity contribution in [3.05, 3.63) is 0 Å². The number of halogens is 1. The molecule has 1 rings (SSSR count). The standard InChI is InChI=1S/C11H22ClNO/c1-2-11(3-6-12)13-9-10-4-7-14-8-5-10/h10-11,13H,2-9H2,1H3. The lowest BCUT2D eigenvalue weighted by Gasteiger charge is -2.25. The second-order valence-corrected chi connectivity index (χ2v) is 4.42. The van der Waals surface area contributed by atoms with Crippen molar-refractivity contribution in [1.82, 2.24) is 5.32 Å². The second-order valence-electron chi connectivity index (χ2n) is 4.05. The summed E-state index contributed by atoms with van der Waals surface area (Å²) in [4.78, 5) is 0. The minimum atomic E-state index is 0.607. The van der Waals surface area contributed by atoms with Gasteiger partial charge in [-0.2, -0.15) is 0 Å². The van der Waals surface area contributed by atoms with E-state index in [1.54, 1.807) is 0 Å². The average molecular weight is 220 g/mol. The zero-order chi connectivity index (χ0) is 10.2. The van der Waals surface area contributed by atoms with E-state index < -0.39 is 0 Å². The number of rotatable bonds is 6. The number of nitrogens with one attached hydrogen (secondary N) is 1.